The van der Waals surface area contributed by atoms with Crippen molar-refractivity contribution < 1.29 is 23.1 Å². The molecule has 2 rings (SSSR count). The second kappa shape index (κ2) is 6.17. The second-order valence-corrected chi connectivity index (χ2v) is 6.89. The van der Waals surface area contributed by atoms with Gasteiger partial charge in [-0.1, -0.05) is 0 Å². The van der Waals surface area contributed by atoms with E-state index in [-0.39, 0.29) is 29.3 Å². The largest absolute Gasteiger partial charge is 0.477 e. The number of aromatic carboxylic acids is 1. The van der Waals surface area contributed by atoms with E-state index < -0.39 is 16.0 Å². The van der Waals surface area contributed by atoms with E-state index >= 15 is 0 Å². The summed E-state index contributed by atoms with van der Waals surface area (Å²) in [5, 5.41) is 9.15. The highest BCUT2D eigenvalue weighted by Crippen LogP contribution is 2.37. The Labute approximate surface area is 124 Å². The van der Waals surface area contributed by atoms with Crippen molar-refractivity contribution in [3.05, 3.63) is 18.0 Å². The van der Waals surface area contributed by atoms with Crippen molar-refractivity contribution in [3.8, 4) is 0 Å². The maximum Gasteiger partial charge on any atom is 0.352 e. The Kier molecular flexibility index (Phi) is 4.70. The summed E-state index contributed by atoms with van der Waals surface area (Å²) in [5.41, 5.74) is 0.00994. The molecule has 0 spiro atoms. The van der Waals surface area contributed by atoms with Crippen LogP contribution in [0.25, 0.3) is 0 Å². The number of carboxylic acid groups (broad SMARTS) is 1. The van der Waals surface area contributed by atoms with Crippen molar-refractivity contribution in [2.45, 2.75) is 43.7 Å². The van der Waals surface area contributed by atoms with Gasteiger partial charge in [0.25, 0.3) is 0 Å². The number of sulfonamides is 1. The lowest BCUT2D eigenvalue weighted by Gasteiger charge is -2.12. The molecule has 1 fully saturated rings. The van der Waals surface area contributed by atoms with Crippen LogP contribution in [0, 0.1) is 0 Å². The smallest absolute Gasteiger partial charge is 0.352 e. The number of hydrogen-bond acceptors (Lipinski definition) is 4. The van der Waals surface area contributed by atoms with E-state index in [0.29, 0.717) is 6.61 Å². The van der Waals surface area contributed by atoms with E-state index in [0.717, 1.165) is 12.8 Å². The molecule has 118 valence electrons. The molecule has 1 heterocycles. The SMILES string of the molecule is CCOC(C)CNS(=O)(=O)c1cc(C(=O)O)n(C2CC2)c1. The fraction of sp³-hybridized carbons (Fsp3) is 0.615. The number of nitrogens with zero attached hydrogens (tertiary/aromatic N) is 1. The van der Waals surface area contributed by atoms with Gasteiger partial charge < -0.3 is 14.4 Å². The first-order valence-corrected chi connectivity index (χ1v) is 8.40. The van der Waals surface area contributed by atoms with E-state index in [2.05, 4.69) is 4.72 Å². The number of nitrogens with one attached hydrogen (secondary N) is 1. The van der Waals surface area contributed by atoms with Gasteiger partial charge in [0, 0.05) is 25.4 Å². The number of carboxylic acids is 1. The predicted octanol–water partition coefficient (Wildman–Crippen LogP) is 1.22. The molecule has 0 bridgehead atoms. The van der Waals surface area contributed by atoms with Crippen LogP contribution in [0.4, 0.5) is 0 Å². The first kappa shape index (κ1) is 16.0. The Bertz CT molecular complexity index is 619. The minimum atomic E-state index is -3.73. The quantitative estimate of drug-likeness (QED) is 0.751. The average molecular weight is 316 g/mol. The molecule has 2 N–H and O–H groups in total. The Morgan fingerprint density at radius 1 is 1.57 bits per heavy atom. The summed E-state index contributed by atoms with van der Waals surface area (Å²) < 4.78 is 33.6. The van der Waals surface area contributed by atoms with Gasteiger partial charge in [-0.05, 0) is 32.8 Å². The Balaban J connectivity index is 2.16. The molecular weight excluding hydrogens is 296 g/mol. The van der Waals surface area contributed by atoms with Gasteiger partial charge in [0.1, 0.15) is 10.6 Å². The average Bonchev–Trinajstić information content (AvgIpc) is 3.14. The normalized spacial score (nSPS) is 16.9. The van der Waals surface area contributed by atoms with Crippen molar-refractivity contribution in [2.24, 2.45) is 0 Å². The summed E-state index contributed by atoms with van der Waals surface area (Å²) in [6.45, 7) is 4.25. The lowest BCUT2D eigenvalue weighted by molar-refractivity contribution is 0.0684. The van der Waals surface area contributed by atoms with E-state index in [9.17, 15) is 13.2 Å². The molecule has 8 heteroatoms. The fourth-order valence-electron chi connectivity index (χ4n) is 2.08. The van der Waals surface area contributed by atoms with Gasteiger partial charge >= 0.3 is 5.97 Å². The molecule has 7 nitrogen and oxygen atoms in total. The first-order valence-electron chi connectivity index (χ1n) is 6.91. The summed E-state index contributed by atoms with van der Waals surface area (Å²) in [4.78, 5) is 11.2. The van der Waals surface area contributed by atoms with Gasteiger partial charge in [-0.15, -0.1) is 0 Å². The molecule has 1 aliphatic rings. The zero-order valence-corrected chi connectivity index (χ0v) is 12.9. The van der Waals surface area contributed by atoms with Crippen LogP contribution < -0.4 is 4.72 Å². The Morgan fingerprint density at radius 3 is 2.76 bits per heavy atom. The van der Waals surface area contributed by atoms with Crippen LogP contribution in [0.2, 0.25) is 0 Å². The van der Waals surface area contributed by atoms with Crippen molar-refractivity contribution >= 4 is 16.0 Å². The number of carbonyl (C=O) groups is 1. The number of hydrogen-bond donors (Lipinski definition) is 2. The van der Waals surface area contributed by atoms with Crippen LogP contribution in [0.3, 0.4) is 0 Å². The van der Waals surface area contributed by atoms with Crippen molar-refractivity contribution in [3.63, 3.8) is 0 Å². The van der Waals surface area contributed by atoms with Crippen LogP contribution in [-0.4, -0.2) is 43.3 Å². The summed E-state index contributed by atoms with van der Waals surface area (Å²) >= 11 is 0. The third-order valence-electron chi connectivity index (χ3n) is 3.31. The number of rotatable bonds is 8. The van der Waals surface area contributed by atoms with E-state index in [1.54, 1.807) is 6.92 Å². The molecule has 1 aromatic heterocycles. The van der Waals surface area contributed by atoms with Crippen LogP contribution in [0.5, 0.6) is 0 Å². The fourth-order valence-corrected chi connectivity index (χ4v) is 3.22. The number of aromatic nitrogens is 1. The van der Waals surface area contributed by atoms with Gasteiger partial charge in [0.15, 0.2) is 0 Å². The zero-order chi connectivity index (χ0) is 15.6. The molecule has 21 heavy (non-hydrogen) atoms. The summed E-state index contributed by atoms with van der Waals surface area (Å²) in [5.74, 6) is -1.12. The van der Waals surface area contributed by atoms with Gasteiger partial charge in [0.05, 0.1) is 6.10 Å². The van der Waals surface area contributed by atoms with Crippen LogP contribution in [0.15, 0.2) is 17.2 Å². The van der Waals surface area contributed by atoms with Crippen LogP contribution >= 0.6 is 0 Å². The molecule has 0 aliphatic heterocycles. The van der Waals surface area contributed by atoms with Gasteiger partial charge in [-0.25, -0.2) is 17.9 Å². The van der Waals surface area contributed by atoms with E-state index in [1.165, 1.54) is 16.8 Å². The van der Waals surface area contributed by atoms with Crippen LogP contribution in [0.1, 0.15) is 43.2 Å². The molecule has 1 aromatic rings. The second-order valence-electron chi connectivity index (χ2n) is 5.12. The minimum absolute atomic E-state index is 0.00994. The molecule has 1 aliphatic carbocycles. The summed E-state index contributed by atoms with van der Waals surface area (Å²) in [6, 6.07) is 1.30. The van der Waals surface area contributed by atoms with E-state index in [1.807, 2.05) is 6.92 Å². The Morgan fingerprint density at radius 2 is 2.24 bits per heavy atom. The highest BCUT2D eigenvalue weighted by molar-refractivity contribution is 7.89. The lowest BCUT2D eigenvalue weighted by atomic mass is 10.4. The van der Waals surface area contributed by atoms with Crippen LogP contribution in [-0.2, 0) is 14.8 Å². The maximum atomic E-state index is 12.2. The molecular formula is C13H20N2O5S. The molecule has 0 saturated heterocycles. The molecule has 1 atom stereocenters. The maximum absolute atomic E-state index is 12.2. The highest BCUT2D eigenvalue weighted by Gasteiger charge is 2.30. The molecule has 0 amide bonds. The first-order chi connectivity index (χ1) is 9.85. The van der Waals surface area contributed by atoms with E-state index in [4.69, 9.17) is 9.84 Å². The minimum Gasteiger partial charge on any atom is -0.477 e. The lowest BCUT2D eigenvalue weighted by Crippen LogP contribution is -2.32. The monoisotopic (exact) mass is 316 g/mol. The van der Waals surface area contributed by atoms with Crippen molar-refractivity contribution in [2.75, 3.05) is 13.2 Å². The van der Waals surface area contributed by atoms with Gasteiger partial charge in [-0.2, -0.15) is 0 Å². The highest BCUT2D eigenvalue weighted by atomic mass is 32.2. The van der Waals surface area contributed by atoms with Crippen molar-refractivity contribution in [1.82, 2.24) is 9.29 Å². The zero-order valence-electron chi connectivity index (χ0n) is 12.1. The Hall–Kier alpha value is -1.38. The molecule has 0 radical (unpaired) electrons. The molecule has 0 aromatic carbocycles. The van der Waals surface area contributed by atoms with Crippen molar-refractivity contribution in [1.29, 1.82) is 0 Å². The third kappa shape index (κ3) is 3.84. The number of ether oxygens (including phenoxy) is 1. The topological polar surface area (TPSA) is 97.6 Å². The van der Waals surface area contributed by atoms with Gasteiger partial charge in [-0.3, -0.25) is 0 Å². The molecule has 1 unspecified atom stereocenters. The standard InChI is InChI=1S/C13H20N2O5S/c1-3-20-9(2)7-14-21(18,19)11-6-12(13(16)17)15(8-11)10-4-5-10/h6,8-10,14H,3-5,7H2,1-2H3,(H,16,17). The van der Waals surface area contributed by atoms with Gasteiger partial charge in [0.2, 0.25) is 10.0 Å². The molecule has 1 saturated carbocycles. The summed E-state index contributed by atoms with van der Waals surface area (Å²) in [6.07, 6.45) is 2.91. The summed E-state index contributed by atoms with van der Waals surface area (Å²) in [7, 11) is -3.73. The predicted molar refractivity (Wildman–Crippen MR) is 75.9 cm³/mol. The third-order valence-corrected chi connectivity index (χ3v) is 4.70.